The van der Waals surface area contributed by atoms with E-state index in [1.807, 2.05) is 6.92 Å². The van der Waals surface area contributed by atoms with Crippen molar-refractivity contribution in [2.75, 3.05) is 6.61 Å². The van der Waals surface area contributed by atoms with Crippen molar-refractivity contribution in [3.05, 3.63) is 33.3 Å². The largest absolute Gasteiger partial charge is 0.487 e. The van der Waals surface area contributed by atoms with Crippen molar-refractivity contribution in [2.24, 2.45) is 0 Å². The number of non-ortho nitro benzene ring substituents is 1. The number of nitro benzene ring substituents is 1. The second-order valence-corrected chi connectivity index (χ2v) is 12.1. The minimum Gasteiger partial charge on any atom is -0.487 e. The minimum atomic E-state index is -1.85. The monoisotopic (exact) mass is 345 g/mol. The molecule has 1 aromatic rings. The van der Waals surface area contributed by atoms with Gasteiger partial charge in [0.15, 0.2) is 8.32 Å². The summed E-state index contributed by atoms with van der Waals surface area (Å²) >= 11 is 6.03. The van der Waals surface area contributed by atoms with Crippen LogP contribution in [0.15, 0.2) is 18.2 Å². The fourth-order valence-electron chi connectivity index (χ4n) is 1.49. The summed E-state index contributed by atoms with van der Waals surface area (Å²) in [7, 11) is -1.85. The predicted molar refractivity (Wildman–Crippen MR) is 91.3 cm³/mol. The molecule has 124 valence electrons. The maximum absolute atomic E-state index is 10.8. The smallest absolute Gasteiger partial charge is 0.273 e. The molecule has 0 heterocycles. The summed E-state index contributed by atoms with van der Waals surface area (Å²) in [6, 6.07) is 4.16. The summed E-state index contributed by atoms with van der Waals surface area (Å²) in [5.41, 5.74) is -0.0445. The molecule has 7 heteroatoms. The molecule has 5 nitrogen and oxygen atoms in total. The summed E-state index contributed by atoms with van der Waals surface area (Å²) in [6.07, 6.45) is -0.242. The van der Waals surface area contributed by atoms with Gasteiger partial charge in [-0.05, 0) is 31.1 Å². The minimum absolute atomic E-state index is 0.0445. The van der Waals surface area contributed by atoms with Gasteiger partial charge in [-0.2, -0.15) is 0 Å². The fourth-order valence-corrected chi connectivity index (χ4v) is 2.74. The third-order valence-corrected chi connectivity index (χ3v) is 8.75. The fraction of sp³-hybridized carbons (Fsp3) is 0.600. The molecule has 0 bridgehead atoms. The third kappa shape index (κ3) is 4.96. The first-order valence-electron chi connectivity index (χ1n) is 7.18. The first-order chi connectivity index (χ1) is 9.94. The molecular formula is C15H24ClNO4Si. The molecule has 0 N–H and O–H groups in total. The zero-order valence-electron chi connectivity index (χ0n) is 14.0. The molecule has 0 aliphatic rings. The van der Waals surface area contributed by atoms with E-state index in [0.717, 1.165) is 0 Å². The average molecular weight is 346 g/mol. The number of hydrogen-bond donors (Lipinski definition) is 0. The van der Waals surface area contributed by atoms with Crippen LogP contribution in [0.5, 0.6) is 5.75 Å². The van der Waals surface area contributed by atoms with Crippen LogP contribution in [0, 0.1) is 10.1 Å². The molecule has 0 radical (unpaired) electrons. The van der Waals surface area contributed by atoms with Crippen LogP contribution >= 0.6 is 11.6 Å². The van der Waals surface area contributed by atoms with Crippen molar-refractivity contribution in [2.45, 2.75) is 51.9 Å². The van der Waals surface area contributed by atoms with Gasteiger partial charge in [0.25, 0.3) is 5.69 Å². The van der Waals surface area contributed by atoms with Crippen molar-refractivity contribution < 1.29 is 14.1 Å². The van der Waals surface area contributed by atoms with Crippen LogP contribution in [-0.4, -0.2) is 26.0 Å². The number of benzene rings is 1. The second-order valence-electron chi connectivity index (χ2n) is 6.87. The van der Waals surface area contributed by atoms with E-state index in [-0.39, 0.29) is 16.8 Å². The number of nitrogens with zero attached hydrogens (tertiary/aromatic N) is 1. The molecule has 0 saturated heterocycles. The van der Waals surface area contributed by atoms with Crippen LogP contribution in [-0.2, 0) is 4.43 Å². The third-order valence-electron chi connectivity index (χ3n) is 3.94. The number of nitro groups is 1. The summed E-state index contributed by atoms with van der Waals surface area (Å²) in [4.78, 5) is 10.3. The zero-order valence-corrected chi connectivity index (χ0v) is 15.7. The summed E-state index contributed by atoms with van der Waals surface area (Å²) in [6.45, 7) is 13.1. The van der Waals surface area contributed by atoms with E-state index in [0.29, 0.717) is 17.4 Å². The van der Waals surface area contributed by atoms with Gasteiger partial charge >= 0.3 is 0 Å². The molecule has 1 aromatic carbocycles. The van der Waals surface area contributed by atoms with Gasteiger partial charge in [0.05, 0.1) is 22.6 Å². The van der Waals surface area contributed by atoms with E-state index >= 15 is 0 Å². The maximum Gasteiger partial charge on any atom is 0.273 e. The average Bonchev–Trinajstić information content (AvgIpc) is 2.37. The topological polar surface area (TPSA) is 61.6 Å². The van der Waals surface area contributed by atoms with E-state index < -0.39 is 13.2 Å². The Morgan fingerprint density at radius 3 is 2.45 bits per heavy atom. The Morgan fingerprint density at radius 1 is 1.36 bits per heavy atom. The van der Waals surface area contributed by atoms with Crippen LogP contribution < -0.4 is 4.74 Å². The molecule has 0 aliphatic heterocycles. The van der Waals surface area contributed by atoms with Gasteiger partial charge in [-0.15, -0.1) is 0 Å². The van der Waals surface area contributed by atoms with Crippen molar-refractivity contribution in [1.82, 2.24) is 0 Å². The highest BCUT2D eigenvalue weighted by molar-refractivity contribution is 6.74. The van der Waals surface area contributed by atoms with Crippen LogP contribution in [0.1, 0.15) is 27.7 Å². The highest BCUT2D eigenvalue weighted by Crippen LogP contribution is 2.37. The van der Waals surface area contributed by atoms with Gasteiger partial charge in [-0.1, -0.05) is 32.4 Å². The molecule has 0 unspecified atom stereocenters. The number of ether oxygens (including phenoxy) is 1. The van der Waals surface area contributed by atoms with Crippen molar-refractivity contribution in [3.63, 3.8) is 0 Å². The Morgan fingerprint density at radius 2 is 1.95 bits per heavy atom. The molecule has 0 aliphatic carbocycles. The molecule has 0 saturated carbocycles. The maximum atomic E-state index is 10.8. The van der Waals surface area contributed by atoms with Crippen LogP contribution in [0.3, 0.4) is 0 Å². The van der Waals surface area contributed by atoms with Gasteiger partial charge < -0.3 is 9.16 Å². The summed E-state index contributed by atoms with van der Waals surface area (Å²) in [5, 5.41) is 11.3. The zero-order chi connectivity index (χ0) is 17.1. The van der Waals surface area contributed by atoms with E-state index in [1.165, 1.54) is 18.2 Å². The summed E-state index contributed by atoms with van der Waals surface area (Å²) in [5.74, 6) is 0.308. The van der Waals surface area contributed by atoms with E-state index in [9.17, 15) is 10.1 Å². The molecule has 0 spiro atoms. The Bertz CT molecular complexity index is 543. The lowest BCUT2D eigenvalue weighted by molar-refractivity contribution is -0.384. The molecule has 0 amide bonds. The molecule has 0 fully saturated rings. The van der Waals surface area contributed by atoms with Crippen molar-refractivity contribution >= 4 is 25.6 Å². The standard InChI is InChI=1S/C15H24ClNO4Si/c1-11(10-20-22(5,6)15(2,3)4)21-14-9-12(17(18)19)7-8-13(14)16/h7-9,11H,10H2,1-6H3/t11-/m0/s1. The van der Waals surface area contributed by atoms with Crippen LogP contribution in [0.25, 0.3) is 0 Å². The normalized spacial score (nSPS) is 13.8. The Hall–Kier alpha value is -1.11. The lowest BCUT2D eigenvalue weighted by atomic mass is 10.2. The highest BCUT2D eigenvalue weighted by Gasteiger charge is 2.37. The first-order valence-corrected chi connectivity index (χ1v) is 10.5. The molecule has 0 aromatic heterocycles. The van der Waals surface area contributed by atoms with E-state index in [1.54, 1.807) is 0 Å². The highest BCUT2D eigenvalue weighted by atomic mass is 35.5. The van der Waals surface area contributed by atoms with Crippen LogP contribution in [0.2, 0.25) is 23.2 Å². The Kier molecular flexibility index (Phi) is 6.00. The second kappa shape index (κ2) is 6.98. The first kappa shape index (κ1) is 18.9. The Labute approximate surface area is 137 Å². The molecular weight excluding hydrogens is 322 g/mol. The Balaban J connectivity index is 2.72. The molecule has 1 atom stereocenters. The van der Waals surface area contributed by atoms with Crippen molar-refractivity contribution in [1.29, 1.82) is 0 Å². The van der Waals surface area contributed by atoms with Gasteiger partial charge in [0.2, 0.25) is 0 Å². The summed E-state index contributed by atoms with van der Waals surface area (Å²) < 4.78 is 11.8. The van der Waals surface area contributed by atoms with E-state index in [2.05, 4.69) is 33.9 Å². The van der Waals surface area contributed by atoms with Crippen LogP contribution in [0.4, 0.5) is 5.69 Å². The lowest BCUT2D eigenvalue weighted by Crippen LogP contribution is -2.43. The number of hydrogen-bond acceptors (Lipinski definition) is 4. The predicted octanol–water partition coefficient (Wildman–Crippen LogP) is 5.04. The van der Waals surface area contributed by atoms with Crippen molar-refractivity contribution in [3.8, 4) is 5.75 Å². The van der Waals surface area contributed by atoms with E-state index in [4.69, 9.17) is 20.8 Å². The number of rotatable bonds is 6. The van der Waals surface area contributed by atoms with Gasteiger partial charge in [0.1, 0.15) is 11.9 Å². The lowest BCUT2D eigenvalue weighted by Gasteiger charge is -2.36. The van der Waals surface area contributed by atoms with Gasteiger partial charge in [-0.25, -0.2) is 0 Å². The van der Waals surface area contributed by atoms with Gasteiger partial charge in [-0.3, -0.25) is 10.1 Å². The quantitative estimate of drug-likeness (QED) is 0.411. The number of halogens is 1. The molecule has 22 heavy (non-hydrogen) atoms. The molecule has 1 rings (SSSR count). The SMILES string of the molecule is C[C@@H](CO[Si](C)(C)C(C)(C)C)Oc1cc([N+](=O)[O-])ccc1Cl. The van der Waals surface area contributed by atoms with Gasteiger partial charge in [0, 0.05) is 6.07 Å².